The third-order valence-corrected chi connectivity index (χ3v) is 5.13. The number of amides is 1. The van der Waals surface area contributed by atoms with Gasteiger partial charge in [0.2, 0.25) is 5.91 Å². The highest BCUT2D eigenvalue weighted by Crippen LogP contribution is 2.33. The van der Waals surface area contributed by atoms with Crippen LogP contribution in [0.15, 0.2) is 24.3 Å². The molecule has 1 amide bonds. The smallest absolute Gasteiger partial charge is 0.236 e. The minimum Gasteiger partial charge on any atom is -0.497 e. The lowest BCUT2D eigenvalue weighted by Gasteiger charge is -2.38. The van der Waals surface area contributed by atoms with Crippen LogP contribution >= 0.6 is 0 Å². The highest BCUT2D eigenvalue weighted by Gasteiger charge is 2.34. The molecule has 0 saturated carbocycles. The van der Waals surface area contributed by atoms with Crippen molar-refractivity contribution in [2.24, 2.45) is 0 Å². The fourth-order valence-electron chi connectivity index (χ4n) is 3.53. The predicted octanol–water partition coefficient (Wildman–Crippen LogP) is 1.60. The van der Waals surface area contributed by atoms with Crippen LogP contribution in [0, 0.1) is 0 Å². The van der Waals surface area contributed by atoms with Crippen LogP contribution in [-0.2, 0) is 10.4 Å². The Kier molecular flexibility index (Phi) is 4.87. The molecule has 1 N–H and O–H groups in total. The molecule has 0 aromatic heterocycles. The molecule has 2 aliphatic heterocycles. The number of nitrogens with zero attached hydrogens (tertiary/aromatic N) is 2. The van der Waals surface area contributed by atoms with Crippen molar-refractivity contribution in [1.29, 1.82) is 0 Å². The zero-order valence-electron chi connectivity index (χ0n) is 13.8. The van der Waals surface area contributed by atoms with Crippen LogP contribution in [0.2, 0.25) is 0 Å². The second kappa shape index (κ2) is 6.89. The van der Waals surface area contributed by atoms with Gasteiger partial charge >= 0.3 is 0 Å². The van der Waals surface area contributed by atoms with Gasteiger partial charge in [-0.25, -0.2) is 0 Å². The molecule has 23 heavy (non-hydrogen) atoms. The van der Waals surface area contributed by atoms with E-state index in [0.29, 0.717) is 19.4 Å². The lowest BCUT2D eigenvalue weighted by Crippen LogP contribution is -2.46. The van der Waals surface area contributed by atoms with Crippen molar-refractivity contribution >= 4 is 5.91 Å². The van der Waals surface area contributed by atoms with Gasteiger partial charge < -0.3 is 14.7 Å². The normalized spacial score (nSPS) is 21.4. The first-order valence-electron chi connectivity index (χ1n) is 8.48. The number of hydrogen-bond acceptors (Lipinski definition) is 4. The standard InChI is InChI=1S/C18H26N2O3/c1-23-16-6-4-15(5-7-16)18(22)8-12-19(13-9-18)14-17(21)20-10-2-3-11-20/h4-7,22H,2-3,8-14H2,1H3. The lowest BCUT2D eigenvalue weighted by molar-refractivity contribution is -0.132. The quantitative estimate of drug-likeness (QED) is 0.916. The molecule has 0 spiro atoms. The molecular formula is C18H26N2O3. The fraction of sp³-hybridized carbons (Fsp3) is 0.611. The molecular weight excluding hydrogens is 292 g/mol. The molecule has 0 unspecified atom stereocenters. The molecule has 3 rings (SSSR count). The topological polar surface area (TPSA) is 53.0 Å². The van der Waals surface area contributed by atoms with Crippen molar-refractivity contribution in [3.8, 4) is 5.75 Å². The number of aliphatic hydroxyl groups is 1. The fourth-order valence-corrected chi connectivity index (χ4v) is 3.53. The molecule has 2 fully saturated rings. The Morgan fingerprint density at radius 2 is 1.74 bits per heavy atom. The molecule has 2 heterocycles. The summed E-state index contributed by atoms with van der Waals surface area (Å²) in [5.41, 5.74) is 0.142. The van der Waals surface area contributed by atoms with Crippen molar-refractivity contribution in [3.63, 3.8) is 0 Å². The largest absolute Gasteiger partial charge is 0.497 e. The maximum absolute atomic E-state index is 12.2. The van der Waals surface area contributed by atoms with E-state index in [1.165, 1.54) is 0 Å². The van der Waals surface area contributed by atoms with Gasteiger partial charge in [-0.2, -0.15) is 0 Å². The molecule has 126 valence electrons. The summed E-state index contributed by atoms with van der Waals surface area (Å²) in [4.78, 5) is 16.4. The first kappa shape index (κ1) is 16.3. The molecule has 0 radical (unpaired) electrons. The van der Waals surface area contributed by atoms with Gasteiger partial charge in [0, 0.05) is 26.2 Å². The number of rotatable bonds is 4. The van der Waals surface area contributed by atoms with Crippen molar-refractivity contribution in [1.82, 2.24) is 9.80 Å². The number of hydrogen-bond donors (Lipinski definition) is 1. The number of benzene rings is 1. The van der Waals surface area contributed by atoms with Gasteiger partial charge in [0.15, 0.2) is 0 Å². The maximum Gasteiger partial charge on any atom is 0.236 e. The first-order chi connectivity index (χ1) is 11.1. The van der Waals surface area contributed by atoms with Gasteiger partial charge in [-0.15, -0.1) is 0 Å². The number of ether oxygens (including phenoxy) is 1. The van der Waals surface area contributed by atoms with Crippen LogP contribution in [0.5, 0.6) is 5.75 Å². The third-order valence-electron chi connectivity index (χ3n) is 5.13. The summed E-state index contributed by atoms with van der Waals surface area (Å²) in [6.45, 7) is 3.80. The van der Waals surface area contributed by atoms with Gasteiger partial charge in [-0.3, -0.25) is 9.69 Å². The predicted molar refractivity (Wildman–Crippen MR) is 88.4 cm³/mol. The Hall–Kier alpha value is -1.59. The molecule has 5 nitrogen and oxygen atoms in total. The van der Waals surface area contributed by atoms with Gasteiger partial charge in [0.25, 0.3) is 0 Å². The Morgan fingerprint density at radius 1 is 1.13 bits per heavy atom. The zero-order valence-corrected chi connectivity index (χ0v) is 13.8. The summed E-state index contributed by atoms with van der Waals surface area (Å²) in [6.07, 6.45) is 3.57. The minimum absolute atomic E-state index is 0.234. The molecule has 0 bridgehead atoms. The second-order valence-corrected chi connectivity index (χ2v) is 6.62. The summed E-state index contributed by atoms with van der Waals surface area (Å²) in [5, 5.41) is 10.9. The van der Waals surface area contributed by atoms with Crippen LogP contribution in [0.25, 0.3) is 0 Å². The average Bonchev–Trinajstić information content (AvgIpc) is 3.12. The van der Waals surface area contributed by atoms with Crippen molar-refractivity contribution in [3.05, 3.63) is 29.8 Å². The van der Waals surface area contributed by atoms with Gasteiger partial charge in [0.05, 0.1) is 19.3 Å². The summed E-state index contributed by atoms with van der Waals surface area (Å²) >= 11 is 0. The maximum atomic E-state index is 12.2. The summed E-state index contributed by atoms with van der Waals surface area (Å²) in [7, 11) is 1.64. The number of piperidine rings is 1. The Labute approximate surface area is 137 Å². The van der Waals surface area contributed by atoms with E-state index in [-0.39, 0.29) is 5.91 Å². The second-order valence-electron chi connectivity index (χ2n) is 6.62. The van der Waals surface area contributed by atoms with Crippen LogP contribution in [0.3, 0.4) is 0 Å². The Balaban J connectivity index is 1.55. The molecule has 1 aromatic rings. The number of methoxy groups -OCH3 is 1. The monoisotopic (exact) mass is 318 g/mol. The SMILES string of the molecule is COc1ccc(C2(O)CCN(CC(=O)N3CCCC3)CC2)cc1. The number of likely N-dealkylation sites (tertiary alicyclic amines) is 2. The summed E-state index contributed by atoms with van der Waals surface area (Å²) in [6, 6.07) is 7.64. The van der Waals surface area contributed by atoms with Crippen LogP contribution in [0.4, 0.5) is 0 Å². The Bertz CT molecular complexity index is 530. The third kappa shape index (κ3) is 3.67. The van der Waals surface area contributed by atoms with Crippen molar-refractivity contribution in [2.45, 2.75) is 31.3 Å². The first-order valence-corrected chi connectivity index (χ1v) is 8.48. The minimum atomic E-state index is -0.792. The van der Waals surface area contributed by atoms with Crippen LogP contribution in [0.1, 0.15) is 31.2 Å². The summed E-state index contributed by atoms with van der Waals surface area (Å²) < 4.78 is 5.17. The number of carbonyl (C=O) groups excluding carboxylic acids is 1. The van der Waals surface area contributed by atoms with Gasteiger partial charge in [-0.05, 0) is 43.4 Å². The van der Waals surface area contributed by atoms with Gasteiger partial charge in [0.1, 0.15) is 5.75 Å². The average molecular weight is 318 g/mol. The molecule has 0 aliphatic carbocycles. The van der Waals surface area contributed by atoms with E-state index >= 15 is 0 Å². The van der Waals surface area contributed by atoms with Crippen LogP contribution in [-0.4, -0.2) is 60.6 Å². The van der Waals surface area contributed by atoms with E-state index in [9.17, 15) is 9.90 Å². The van der Waals surface area contributed by atoms with E-state index in [2.05, 4.69) is 4.90 Å². The zero-order chi connectivity index (χ0) is 16.3. The van der Waals surface area contributed by atoms with Crippen molar-refractivity contribution in [2.75, 3.05) is 39.8 Å². The molecule has 2 aliphatic rings. The molecule has 1 aromatic carbocycles. The van der Waals surface area contributed by atoms with E-state index in [1.807, 2.05) is 29.2 Å². The van der Waals surface area contributed by atoms with E-state index < -0.39 is 5.60 Å². The highest BCUT2D eigenvalue weighted by atomic mass is 16.5. The Morgan fingerprint density at radius 3 is 2.30 bits per heavy atom. The molecule has 0 atom stereocenters. The van der Waals surface area contributed by atoms with Gasteiger partial charge in [-0.1, -0.05) is 12.1 Å². The summed E-state index contributed by atoms with van der Waals surface area (Å²) in [5.74, 6) is 1.03. The van der Waals surface area contributed by atoms with E-state index in [0.717, 1.165) is 50.3 Å². The molecule has 5 heteroatoms. The van der Waals surface area contributed by atoms with Crippen LogP contribution < -0.4 is 4.74 Å². The highest BCUT2D eigenvalue weighted by molar-refractivity contribution is 5.78. The lowest BCUT2D eigenvalue weighted by atomic mass is 9.84. The van der Waals surface area contributed by atoms with E-state index in [4.69, 9.17) is 4.74 Å². The number of carbonyl (C=O) groups is 1. The molecule has 2 saturated heterocycles. The van der Waals surface area contributed by atoms with Crippen molar-refractivity contribution < 1.29 is 14.6 Å². The van der Waals surface area contributed by atoms with E-state index in [1.54, 1.807) is 7.11 Å².